The van der Waals surface area contributed by atoms with E-state index in [0.29, 0.717) is 5.92 Å². The van der Waals surface area contributed by atoms with Gasteiger partial charge in [-0.05, 0) is 47.9 Å². The summed E-state index contributed by atoms with van der Waals surface area (Å²) in [5.41, 5.74) is 1.84. The maximum Gasteiger partial charge on any atom is 0.253 e. The number of aromatic nitrogens is 1. The minimum atomic E-state index is 0.131. The topological polar surface area (TPSA) is 33.2 Å². The van der Waals surface area contributed by atoms with Crippen LogP contribution in [0.5, 0.6) is 0 Å². The monoisotopic (exact) mass is 372 g/mol. The van der Waals surface area contributed by atoms with Crippen LogP contribution in [0.15, 0.2) is 66.7 Å². The molecule has 0 unspecified atom stereocenters. The highest BCUT2D eigenvalue weighted by Gasteiger charge is 2.27. The summed E-state index contributed by atoms with van der Waals surface area (Å²) in [6, 6.07) is 22.5. The van der Waals surface area contributed by atoms with E-state index in [1.165, 1.54) is 10.1 Å². The molecule has 1 aliphatic heterocycles. The zero-order valence-corrected chi connectivity index (χ0v) is 15.8. The largest absolute Gasteiger partial charge is 0.338 e. The van der Waals surface area contributed by atoms with Gasteiger partial charge >= 0.3 is 0 Å². The Kier molecular flexibility index (Phi) is 4.13. The fraction of sp³-hybridized carbons (Fsp3) is 0.217. The van der Waals surface area contributed by atoms with Gasteiger partial charge in [0.2, 0.25) is 0 Å². The molecule has 1 aromatic heterocycles. The van der Waals surface area contributed by atoms with Crippen LogP contribution in [0.4, 0.5) is 0 Å². The van der Waals surface area contributed by atoms with E-state index >= 15 is 0 Å². The summed E-state index contributed by atoms with van der Waals surface area (Å²) in [5, 5.41) is 3.44. The number of hydrogen-bond acceptors (Lipinski definition) is 3. The van der Waals surface area contributed by atoms with Gasteiger partial charge in [0.25, 0.3) is 5.91 Å². The third-order valence-corrected chi connectivity index (χ3v) is 6.56. The Labute approximate surface area is 162 Å². The number of fused-ring (bicyclic) bond motifs is 2. The minimum absolute atomic E-state index is 0.131. The molecule has 0 radical (unpaired) electrons. The molecule has 134 valence electrons. The van der Waals surface area contributed by atoms with E-state index in [2.05, 4.69) is 30.3 Å². The van der Waals surface area contributed by atoms with Crippen LogP contribution in [-0.4, -0.2) is 28.9 Å². The normalized spacial score (nSPS) is 17.5. The first-order valence-electron chi connectivity index (χ1n) is 9.41. The van der Waals surface area contributed by atoms with Crippen molar-refractivity contribution >= 4 is 38.2 Å². The molecule has 0 saturated carbocycles. The Morgan fingerprint density at radius 2 is 1.81 bits per heavy atom. The fourth-order valence-electron chi connectivity index (χ4n) is 3.93. The Morgan fingerprint density at radius 3 is 2.70 bits per heavy atom. The van der Waals surface area contributed by atoms with E-state index < -0.39 is 0 Å². The van der Waals surface area contributed by atoms with Gasteiger partial charge in [0.15, 0.2) is 0 Å². The van der Waals surface area contributed by atoms with Crippen LogP contribution in [-0.2, 0) is 0 Å². The lowest BCUT2D eigenvalue weighted by atomic mass is 9.97. The van der Waals surface area contributed by atoms with Crippen molar-refractivity contribution in [2.45, 2.75) is 18.8 Å². The summed E-state index contributed by atoms with van der Waals surface area (Å²) in [7, 11) is 0. The zero-order valence-electron chi connectivity index (χ0n) is 15.0. The van der Waals surface area contributed by atoms with Gasteiger partial charge in [0, 0.05) is 24.6 Å². The number of carbonyl (C=O) groups is 1. The molecule has 0 spiro atoms. The van der Waals surface area contributed by atoms with Crippen molar-refractivity contribution in [2.24, 2.45) is 0 Å². The molecule has 1 aliphatic rings. The van der Waals surface area contributed by atoms with Crippen LogP contribution in [0.1, 0.15) is 34.1 Å². The summed E-state index contributed by atoms with van der Waals surface area (Å²) in [6.07, 6.45) is 2.13. The van der Waals surface area contributed by atoms with Crippen molar-refractivity contribution in [3.05, 3.63) is 77.3 Å². The van der Waals surface area contributed by atoms with Crippen LogP contribution in [0.3, 0.4) is 0 Å². The lowest BCUT2D eigenvalue weighted by Gasteiger charge is -2.32. The van der Waals surface area contributed by atoms with Gasteiger partial charge in [0.05, 0.1) is 15.2 Å². The summed E-state index contributed by atoms with van der Waals surface area (Å²) >= 11 is 1.77. The first-order valence-corrected chi connectivity index (χ1v) is 10.2. The van der Waals surface area contributed by atoms with E-state index in [1.54, 1.807) is 11.3 Å². The van der Waals surface area contributed by atoms with Crippen molar-refractivity contribution in [2.75, 3.05) is 13.1 Å². The second-order valence-electron chi connectivity index (χ2n) is 7.17. The smallest absolute Gasteiger partial charge is 0.253 e. The minimum Gasteiger partial charge on any atom is -0.338 e. The zero-order chi connectivity index (χ0) is 18.2. The molecule has 0 N–H and O–H groups in total. The van der Waals surface area contributed by atoms with Gasteiger partial charge < -0.3 is 4.90 Å². The lowest BCUT2D eigenvalue weighted by Crippen LogP contribution is -2.39. The quantitative estimate of drug-likeness (QED) is 0.467. The Balaban J connectivity index is 1.40. The molecule has 27 heavy (non-hydrogen) atoms. The summed E-state index contributed by atoms with van der Waals surface area (Å²) < 4.78 is 1.23. The van der Waals surface area contributed by atoms with Crippen molar-refractivity contribution < 1.29 is 4.79 Å². The van der Waals surface area contributed by atoms with Crippen molar-refractivity contribution in [3.8, 4) is 0 Å². The second kappa shape index (κ2) is 6.78. The third-order valence-electron chi connectivity index (χ3n) is 5.36. The molecule has 1 atom stereocenters. The summed E-state index contributed by atoms with van der Waals surface area (Å²) in [5.74, 6) is 0.465. The van der Waals surface area contributed by atoms with E-state index in [9.17, 15) is 4.79 Å². The summed E-state index contributed by atoms with van der Waals surface area (Å²) in [4.78, 5) is 19.9. The van der Waals surface area contributed by atoms with E-state index in [1.807, 2.05) is 41.3 Å². The number of rotatable bonds is 2. The molecule has 0 aliphatic carbocycles. The van der Waals surface area contributed by atoms with Crippen molar-refractivity contribution in [3.63, 3.8) is 0 Å². The van der Waals surface area contributed by atoms with Gasteiger partial charge in [-0.25, -0.2) is 4.98 Å². The maximum atomic E-state index is 13.1. The molecular weight excluding hydrogens is 352 g/mol. The molecule has 4 heteroatoms. The third kappa shape index (κ3) is 3.10. The number of carbonyl (C=O) groups excluding carboxylic acids is 1. The molecule has 5 rings (SSSR count). The Morgan fingerprint density at radius 1 is 1.00 bits per heavy atom. The van der Waals surface area contributed by atoms with Crippen LogP contribution in [0.25, 0.3) is 21.0 Å². The molecular formula is C23H20N2OS. The van der Waals surface area contributed by atoms with Crippen molar-refractivity contribution in [1.29, 1.82) is 0 Å². The average Bonchev–Trinajstić information content (AvgIpc) is 3.17. The predicted molar refractivity (Wildman–Crippen MR) is 111 cm³/mol. The molecule has 4 aromatic rings. The van der Waals surface area contributed by atoms with Crippen LogP contribution >= 0.6 is 11.3 Å². The van der Waals surface area contributed by atoms with Gasteiger partial charge in [-0.1, -0.05) is 42.5 Å². The lowest BCUT2D eigenvalue weighted by molar-refractivity contribution is 0.0707. The van der Waals surface area contributed by atoms with Gasteiger partial charge in [-0.2, -0.15) is 0 Å². The first-order chi connectivity index (χ1) is 13.3. The van der Waals surface area contributed by atoms with Crippen molar-refractivity contribution in [1.82, 2.24) is 9.88 Å². The number of likely N-dealkylation sites (tertiary alicyclic amines) is 1. The van der Waals surface area contributed by atoms with Crippen LogP contribution in [0, 0.1) is 0 Å². The van der Waals surface area contributed by atoms with E-state index in [4.69, 9.17) is 4.98 Å². The molecule has 1 amide bonds. The number of benzene rings is 3. The van der Waals surface area contributed by atoms with Gasteiger partial charge in [-0.15, -0.1) is 11.3 Å². The molecule has 1 saturated heterocycles. The molecule has 2 heterocycles. The van der Waals surface area contributed by atoms with Crippen LogP contribution < -0.4 is 0 Å². The SMILES string of the molecule is O=C(c1ccc2ccccc2c1)N1CCC[C@@H](c2nc3ccccc3s2)C1. The molecule has 0 bridgehead atoms. The Hall–Kier alpha value is -2.72. The van der Waals surface area contributed by atoms with E-state index in [-0.39, 0.29) is 5.91 Å². The number of hydrogen-bond donors (Lipinski definition) is 0. The standard InChI is InChI=1S/C23H20N2OS/c26-23(18-12-11-16-6-1-2-7-17(16)14-18)25-13-5-8-19(15-25)22-24-20-9-3-4-10-21(20)27-22/h1-4,6-7,9-12,14,19H,5,8,13,15H2/t19-/m1/s1. The number of nitrogens with zero attached hydrogens (tertiary/aromatic N) is 2. The summed E-state index contributed by atoms with van der Waals surface area (Å²) in [6.45, 7) is 1.58. The fourth-order valence-corrected chi connectivity index (χ4v) is 5.03. The average molecular weight is 372 g/mol. The number of para-hydroxylation sites is 1. The van der Waals surface area contributed by atoms with Gasteiger partial charge in [0.1, 0.15) is 0 Å². The highest BCUT2D eigenvalue weighted by atomic mass is 32.1. The molecule has 3 nitrogen and oxygen atoms in total. The highest BCUT2D eigenvalue weighted by molar-refractivity contribution is 7.18. The first kappa shape index (κ1) is 16.5. The number of amides is 1. The number of thiazole rings is 1. The Bertz CT molecular complexity index is 1100. The van der Waals surface area contributed by atoms with Gasteiger partial charge in [-0.3, -0.25) is 4.79 Å². The molecule has 3 aromatic carbocycles. The second-order valence-corrected chi connectivity index (χ2v) is 8.23. The van der Waals surface area contributed by atoms with E-state index in [0.717, 1.165) is 47.4 Å². The highest BCUT2D eigenvalue weighted by Crippen LogP contribution is 2.33. The van der Waals surface area contributed by atoms with Crippen LogP contribution in [0.2, 0.25) is 0 Å². The molecule has 1 fully saturated rings. The maximum absolute atomic E-state index is 13.1. The predicted octanol–water partition coefficient (Wildman–Crippen LogP) is 5.47. The number of piperidine rings is 1.